The minimum absolute atomic E-state index is 0.0701. The van der Waals surface area contributed by atoms with Gasteiger partial charge in [-0.15, -0.1) is 11.3 Å². The lowest BCUT2D eigenvalue weighted by atomic mass is 9.96. The fourth-order valence-electron chi connectivity index (χ4n) is 3.48. The predicted molar refractivity (Wildman–Crippen MR) is 108 cm³/mol. The van der Waals surface area contributed by atoms with Crippen LogP contribution in [0.5, 0.6) is 0 Å². The lowest BCUT2D eigenvalue weighted by Crippen LogP contribution is -2.30. The third-order valence-corrected chi connectivity index (χ3v) is 5.97. The summed E-state index contributed by atoms with van der Waals surface area (Å²) in [4.78, 5) is 31.3. The average Bonchev–Trinajstić information content (AvgIpc) is 3.21. The fourth-order valence-corrected chi connectivity index (χ4v) is 4.18. The zero-order valence-electron chi connectivity index (χ0n) is 16.0. The van der Waals surface area contributed by atoms with Gasteiger partial charge in [0.1, 0.15) is 0 Å². The smallest absolute Gasteiger partial charge is 0.233 e. The van der Waals surface area contributed by atoms with Crippen molar-refractivity contribution >= 4 is 34.0 Å². The molecule has 2 heterocycles. The lowest BCUT2D eigenvalue weighted by molar-refractivity contribution is -0.123. The molecule has 1 aromatic carbocycles. The molecule has 5 nitrogen and oxygen atoms in total. The third-order valence-electron chi connectivity index (χ3n) is 5.17. The Morgan fingerprint density at radius 1 is 1.30 bits per heavy atom. The molecule has 1 aromatic heterocycles. The molecule has 27 heavy (non-hydrogen) atoms. The van der Waals surface area contributed by atoms with Gasteiger partial charge < -0.3 is 10.2 Å². The highest BCUT2D eigenvalue weighted by atomic mass is 32.1. The van der Waals surface area contributed by atoms with Crippen LogP contribution in [0.4, 0.5) is 10.8 Å². The summed E-state index contributed by atoms with van der Waals surface area (Å²) in [5.74, 6) is 0.694. The van der Waals surface area contributed by atoms with E-state index in [1.165, 1.54) is 35.3 Å². The van der Waals surface area contributed by atoms with E-state index in [0.717, 1.165) is 18.7 Å². The van der Waals surface area contributed by atoms with Crippen molar-refractivity contribution in [1.82, 2.24) is 4.98 Å². The zero-order chi connectivity index (χ0) is 19.2. The van der Waals surface area contributed by atoms with E-state index < -0.39 is 5.41 Å². The van der Waals surface area contributed by atoms with Gasteiger partial charge >= 0.3 is 0 Å². The number of amides is 2. The van der Waals surface area contributed by atoms with Crippen molar-refractivity contribution in [2.24, 2.45) is 5.41 Å². The highest BCUT2D eigenvalue weighted by Crippen LogP contribution is 2.45. The van der Waals surface area contributed by atoms with Gasteiger partial charge in [-0.2, -0.15) is 0 Å². The van der Waals surface area contributed by atoms with Crippen molar-refractivity contribution in [2.75, 3.05) is 16.8 Å². The van der Waals surface area contributed by atoms with Crippen LogP contribution in [-0.2, 0) is 22.4 Å². The molecule has 0 spiro atoms. The first-order valence-corrected chi connectivity index (χ1v) is 10.4. The van der Waals surface area contributed by atoms with Crippen molar-refractivity contribution in [3.05, 3.63) is 40.4 Å². The van der Waals surface area contributed by atoms with E-state index in [0.29, 0.717) is 16.7 Å². The molecule has 1 aliphatic heterocycles. The van der Waals surface area contributed by atoms with Gasteiger partial charge in [0.05, 0.1) is 12.1 Å². The Labute approximate surface area is 163 Å². The van der Waals surface area contributed by atoms with Gasteiger partial charge in [0.15, 0.2) is 5.13 Å². The van der Waals surface area contributed by atoms with Gasteiger partial charge in [0.2, 0.25) is 11.8 Å². The first-order valence-electron chi connectivity index (χ1n) is 9.51. The molecule has 0 unspecified atom stereocenters. The SMILES string of the molecule is CC(C)(C)C(=O)Nc1nc(CC(=O)N2CCc3c(C4CC4)cccc32)cs1. The summed E-state index contributed by atoms with van der Waals surface area (Å²) < 4.78 is 0. The predicted octanol–water partition coefficient (Wildman–Crippen LogP) is 4.14. The Morgan fingerprint density at radius 3 is 2.78 bits per heavy atom. The Morgan fingerprint density at radius 2 is 2.07 bits per heavy atom. The number of rotatable bonds is 4. The molecule has 2 amide bonds. The Bertz CT molecular complexity index is 893. The summed E-state index contributed by atoms with van der Waals surface area (Å²) >= 11 is 1.36. The molecule has 1 fully saturated rings. The Kier molecular flexibility index (Phi) is 4.54. The number of hydrogen-bond donors (Lipinski definition) is 1. The molecule has 0 saturated heterocycles. The molecule has 1 N–H and O–H groups in total. The number of carbonyl (C=O) groups is 2. The van der Waals surface area contributed by atoms with Crippen molar-refractivity contribution in [3.63, 3.8) is 0 Å². The number of thiazole rings is 1. The Hall–Kier alpha value is -2.21. The maximum atomic E-state index is 12.9. The first kappa shape index (κ1) is 18.2. The Balaban J connectivity index is 1.44. The van der Waals surface area contributed by atoms with Crippen molar-refractivity contribution < 1.29 is 9.59 Å². The summed E-state index contributed by atoms with van der Waals surface area (Å²) in [6.07, 6.45) is 3.74. The number of carbonyl (C=O) groups excluding carboxylic acids is 2. The summed E-state index contributed by atoms with van der Waals surface area (Å²) in [5.41, 5.74) is 4.09. The molecule has 0 bridgehead atoms. The van der Waals surface area contributed by atoms with Gasteiger partial charge in [-0.25, -0.2) is 4.98 Å². The number of aromatic nitrogens is 1. The van der Waals surface area contributed by atoms with Crippen LogP contribution < -0.4 is 10.2 Å². The van der Waals surface area contributed by atoms with Crippen LogP contribution in [0.15, 0.2) is 23.6 Å². The molecule has 0 radical (unpaired) electrons. The normalized spacial score (nSPS) is 16.3. The second kappa shape index (κ2) is 6.75. The second-order valence-corrected chi connectivity index (χ2v) is 9.30. The van der Waals surface area contributed by atoms with Crippen LogP contribution >= 0.6 is 11.3 Å². The molecular formula is C21H25N3O2S. The molecule has 0 atom stereocenters. The minimum atomic E-state index is -0.472. The van der Waals surface area contributed by atoms with E-state index >= 15 is 0 Å². The molecule has 6 heteroatoms. The molecule has 2 aromatic rings. The van der Waals surface area contributed by atoms with Crippen LogP contribution in [0.2, 0.25) is 0 Å². The standard InChI is InChI=1S/C21H25N3O2S/c1-21(2,3)19(26)23-20-22-14(12-27-20)11-18(25)24-10-9-16-15(13-7-8-13)5-4-6-17(16)24/h4-6,12-13H,7-11H2,1-3H3,(H,22,23,26). The van der Waals surface area contributed by atoms with Crippen LogP contribution in [0, 0.1) is 5.41 Å². The number of nitrogens with zero attached hydrogens (tertiary/aromatic N) is 2. The van der Waals surface area contributed by atoms with Gasteiger partial charge in [-0.3, -0.25) is 9.59 Å². The average molecular weight is 384 g/mol. The molecule has 4 rings (SSSR count). The van der Waals surface area contributed by atoms with Crippen LogP contribution in [-0.4, -0.2) is 23.3 Å². The van der Waals surface area contributed by atoms with Crippen LogP contribution in [0.3, 0.4) is 0 Å². The summed E-state index contributed by atoms with van der Waals surface area (Å²) in [6.45, 7) is 6.33. The number of nitrogens with one attached hydrogen (secondary N) is 1. The number of fused-ring (bicyclic) bond motifs is 1. The molecule has 142 valence electrons. The van der Waals surface area contributed by atoms with Crippen molar-refractivity contribution in [3.8, 4) is 0 Å². The molecular weight excluding hydrogens is 358 g/mol. The molecule has 1 aliphatic carbocycles. The maximum Gasteiger partial charge on any atom is 0.233 e. The highest BCUT2D eigenvalue weighted by Gasteiger charge is 2.32. The van der Waals surface area contributed by atoms with E-state index in [1.807, 2.05) is 31.1 Å². The van der Waals surface area contributed by atoms with E-state index in [9.17, 15) is 9.59 Å². The summed E-state index contributed by atoms with van der Waals surface area (Å²) in [6, 6.07) is 6.35. The largest absolute Gasteiger partial charge is 0.311 e. The van der Waals surface area contributed by atoms with Crippen LogP contribution in [0.1, 0.15) is 56.4 Å². The van der Waals surface area contributed by atoms with Gasteiger partial charge in [0.25, 0.3) is 0 Å². The summed E-state index contributed by atoms with van der Waals surface area (Å²) in [7, 11) is 0. The second-order valence-electron chi connectivity index (χ2n) is 8.44. The number of benzene rings is 1. The molecule has 2 aliphatic rings. The quantitative estimate of drug-likeness (QED) is 0.863. The minimum Gasteiger partial charge on any atom is -0.311 e. The molecule has 1 saturated carbocycles. The topological polar surface area (TPSA) is 62.3 Å². The first-order chi connectivity index (χ1) is 12.8. The maximum absolute atomic E-state index is 12.9. The summed E-state index contributed by atoms with van der Waals surface area (Å²) in [5, 5.41) is 5.24. The van der Waals surface area contributed by atoms with E-state index in [-0.39, 0.29) is 18.2 Å². The lowest BCUT2D eigenvalue weighted by Gasteiger charge is -2.17. The van der Waals surface area contributed by atoms with E-state index in [1.54, 1.807) is 0 Å². The van der Waals surface area contributed by atoms with Gasteiger partial charge in [-0.05, 0) is 42.4 Å². The number of anilines is 2. The number of hydrogen-bond acceptors (Lipinski definition) is 4. The zero-order valence-corrected chi connectivity index (χ0v) is 16.9. The monoisotopic (exact) mass is 383 g/mol. The van der Waals surface area contributed by atoms with Crippen LogP contribution in [0.25, 0.3) is 0 Å². The van der Waals surface area contributed by atoms with Gasteiger partial charge in [0, 0.05) is 23.0 Å². The van der Waals surface area contributed by atoms with E-state index in [2.05, 4.69) is 28.5 Å². The van der Waals surface area contributed by atoms with Crippen molar-refractivity contribution in [1.29, 1.82) is 0 Å². The third kappa shape index (κ3) is 3.76. The van der Waals surface area contributed by atoms with Crippen molar-refractivity contribution in [2.45, 2.75) is 52.4 Å². The van der Waals surface area contributed by atoms with Gasteiger partial charge in [-0.1, -0.05) is 32.9 Å². The van der Waals surface area contributed by atoms with E-state index in [4.69, 9.17) is 0 Å². The highest BCUT2D eigenvalue weighted by molar-refractivity contribution is 7.13. The fraction of sp³-hybridized carbons (Fsp3) is 0.476.